The highest BCUT2D eigenvalue weighted by atomic mass is 16.5. The molecule has 1 aromatic carbocycles. The van der Waals surface area contributed by atoms with Gasteiger partial charge in [-0.1, -0.05) is 30.3 Å². The number of carboxylic acid groups (broad SMARTS) is 1. The number of benzene rings is 1. The Morgan fingerprint density at radius 1 is 1.30 bits per heavy atom. The molecule has 2 heterocycles. The fraction of sp³-hybridized carbons (Fsp3) is 0.381. The first kappa shape index (κ1) is 19.0. The number of hydrogen-bond acceptors (Lipinski definition) is 5. The molecule has 2 unspecified atom stereocenters. The first-order chi connectivity index (χ1) is 13.0. The minimum Gasteiger partial charge on any atom is -0.481 e. The highest BCUT2D eigenvalue weighted by Crippen LogP contribution is 2.34. The van der Waals surface area contributed by atoms with E-state index in [0.29, 0.717) is 12.2 Å². The van der Waals surface area contributed by atoms with Crippen molar-refractivity contribution in [3.8, 4) is 11.1 Å². The van der Waals surface area contributed by atoms with Gasteiger partial charge in [0.05, 0.1) is 17.9 Å². The van der Waals surface area contributed by atoms with E-state index in [1.54, 1.807) is 19.2 Å². The van der Waals surface area contributed by atoms with Crippen molar-refractivity contribution >= 4 is 11.9 Å². The van der Waals surface area contributed by atoms with Crippen LogP contribution in [0.2, 0.25) is 0 Å². The molecule has 2 aromatic rings. The zero-order valence-corrected chi connectivity index (χ0v) is 15.6. The van der Waals surface area contributed by atoms with E-state index >= 15 is 0 Å². The Balaban J connectivity index is 2.07. The Morgan fingerprint density at radius 3 is 2.63 bits per heavy atom. The van der Waals surface area contributed by atoms with Crippen LogP contribution in [0, 0.1) is 5.92 Å². The minimum atomic E-state index is -0.958. The highest BCUT2D eigenvalue weighted by molar-refractivity contribution is 5.94. The summed E-state index contributed by atoms with van der Waals surface area (Å²) in [6.07, 6.45) is 2.40. The summed E-state index contributed by atoms with van der Waals surface area (Å²) in [5, 5.41) is 9.89. The van der Waals surface area contributed by atoms with Crippen LogP contribution in [0.3, 0.4) is 0 Å². The molecule has 27 heavy (non-hydrogen) atoms. The normalized spacial score (nSPS) is 18.2. The van der Waals surface area contributed by atoms with Crippen molar-refractivity contribution < 1.29 is 19.4 Å². The molecule has 1 aromatic heterocycles. The van der Waals surface area contributed by atoms with E-state index < -0.39 is 17.9 Å². The molecule has 1 aliphatic rings. The SMILES string of the molecule is CCOC(=O)c1cc(-c2ccccc2)cnc1C(C(=O)O)C1CCN(C)C1. The van der Waals surface area contributed by atoms with E-state index in [0.717, 1.165) is 24.1 Å². The van der Waals surface area contributed by atoms with Gasteiger partial charge < -0.3 is 14.7 Å². The number of rotatable bonds is 6. The number of carboxylic acids is 1. The van der Waals surface area contributed by atoms with Gasteiger partial charge in [0, 0.05) is 18.3 Å². The molecule has 0 saturated carbocycles. The number of likely N-dealkylation sites (tertiary alicyclic amines) is 1. The van der Waals surface area contributed by atoms with Gasteiger partial charge in [0.25, 0.3) is 0 Å². The largest absolute Gasteiger partial charge is 0.481 e. The van der Waals surface area contributed by atoms with Crippen molar-refractivity contribution in [3.05, 3.63) is 53.9 Å². The number of nitrogens with zero attached hydrogens (tertiary/aromatic N) is 2. The smallest absolute Gasteiger partial charge is 0.340 e. The van der Waals surface area contributed by atoms with Crippen LogP contribution >= 0.6 is 0 Å². The number of ether oxygens (including phenoxy) is 1. The minimum absolute atomic E-state index is 0.0873. The lowest BCUT2D eigenvalue weighted by Crippen LogP contribution is -2.27. The fourth-order valence-corrected chi connectivity index (χ4v) is 3.67. The van der Waals surface area contributed by atoms with Gasteiger partial charge >= 0.3 is 11.9 Å². The summed E-state index contributed by atoms with van der Waals surface area (Å²) < 4.78 is 5.19. The molecule has 0 bridgehead atoms. The lowest BCUT2D eigenvalue weighted by Gasteiger charge is -2.21. The van der Waals surface area contributed by atoms with Gasteiger partial charge in [-0.3, -0.25) is 9.78 Å². The average molecular weight is 368 g/mol. The van der Waals surface area contributed by atoms with Crippen molar-refractivity contribution in [2.45, 2.75) is 19.3 Å². The maximum Gasteiger partial charge on any atom is 0.340 e. The van der Waals surface area contributed by atoms with Crippen LogP contribution in [0.4, 0.5) is 0 Å². The number of esters is 1. The fourth-order valence-electron chi connectivity index (χ4n) is 3.67. The molecule has 1 saturated heterocycles. The number of carbonyl (C=O) groups excluding carboxylic acids is 1. The van der Waals surface area contributed by atoms with E-state index in [1.165, 1.54) is 0 Å². The summed E-state index contributed by atoms with van der Waals surface area (Å²) in [5.74, 6) is -2.41. The lowest BCUT2D eigenvalue weighted by atomic mass is 9.85. The predicted molar refractivity (Wildman–Crippen MR) is 102 cm³/mol. The third-order valence-electron chi connectivity index (χ3n) is 4.98. The van der Waals surface area contributed by atoms with Crippen molar-refractivity contribution in [3.63, 3.8) is 0 Å². The van der Waals surface area contributed by atoms with Crippen molar-refractivity contribution in [2.24, 2.45) is 5.92 Å². The van der Waals surface area contributed by atoms with Crippen LogP contribution < -0.4 is 0 Å². The molecule has 1 aliphatic heterocycles. The second-order valence-electron chi connectivity index (χ2n) is 6.87. The van der Waals surface area contributed by atoms with Gasteiger partial charge in [-0.05, 0) is 44.5 Å². The zero-order valence-electron chi connectivity index (χ0n) is 15.6. The van der Waals surface area contributed by atoms with E-state index in [2.05, 4.69) is 9.88 Å². The Hall–Kier alpha value is -2.73. The lowest BCUT2D eigenvalue weighted by molar-refractivity contribution is -0.140. The molecule has 142 valence electrons. The van der Waals surface area contributed by atoms with Gasteiger partial charge in [0.15, 0.2) is 0 Å². The third-order valence-corrected chi connectivity index (χ3v) is 4.98. The molecule has 0 radical (unpaired) electrons. The second-order valence-corrected chi connectivity index (χ2v) is 6.87. The molecule has 1 fully saturated rings. The summed E-state index contributed by atoms with van der Waals surface area (Å²) in [6, 6.07) is 11.3. The van der Waals surface area contributed by atoms with E-state index in [4.69, 9.17) is 4.74 Å². The number of hydrogen-bond donors (Lipinski definition) is 1. The molecule has 3 rings (SSSR count). The second kappa shape index (κ2) is 8.31. The first-order valence-corrected chi connectivity index (χ1v) is 9.15. The van der Waals surface area contributed by atoms with E-state index in [1.807, 2.05) is 37.4 Å². The standard InChI is InChI=1S/C21H24N2O4/c1-3-27-21(26)17-11-16(14-7-5-4-6-8-14)12-22-19(17)18(20(24)25)15-9-10-23(2)13-15/h4-8,11-12,15,18H,3,9-10,13H2,1-2H3,(H,24,25). The summed E-state index contributed by atoms with van der Waals surface area (Å²) in [6.45, 7) is 3.46. The van der Waals surface area contributed by atoms with Gasteiger partial charge in [0.2, 0.25) is 0 Å². The number of aliphatic carboxylic acids is 1. The first-order valence-electron chi connectivity index (χ1n) is 9.15. The molecule has 1 N–H and O–H groups in total. The predicted octanol–water partition coefficient (Wildman–Crippen LogP) is 3.05. The van der Waals surface area contributed by atoms with E-state index in [9.17, 15) is 14.7 Å². The van der Waals surface area contributed by atoms with Crippen molar-refractivity contribution in [1.29, 1.82) is 0 Å². The maximum atomic E-state index is 12.6. The molecule has 0 amide bonds. The van der Waals surface area contributed by atoms with Crippen molar-refractivity contribution in [2.75, 3.05) is 26.7 Å². The summed E-state index contributed by atoms with van der Waals surface area (Å²) in [7, 11) is 1.97. The van der Waals surface area contributed by atoms with Gasteiger partial charge in [0.1, 0.15) is 5.92 Å². The highest BCUT2D eigenvalue weighted by Gasteiger charge is 2.37. The van der Waals surface area contributed by atoms with Crippen LogP contribution in [0.25, 0.3) is 11.1 Å². The number of carbonyl (C=O) groups is 2. The Bertz CT molecular complexity index is 822. The zero-order chi connectivity index (χ0) is 19.4. The number of aromatic nitrogens is 1. The van der Waals surface area contributed by atoms with Crippen LogP contribution in [-0.2, 0) is 9.53 Å². The van der Waals surface area contributed by atoms with E-state index in [-0.39, 0.29) is 18.1 Å². The molecule has 6 heteroatoms. The van der Waals surface area contributed by atoms with Crippen LogP contribution in [0.1, 0.15) is 35.3 Å². The molecule has 0 spiro atoms. The topological polar surface area (TPSA) is 79.7 Å². The monoisotopic (exact) mass is 368 g/mol. The Morgan fingerprint density at radius 2 is 2.04 bits per heavy atom. The molecular weight excluding hydrogens is 344 g/mol. The maximum absolute atomic E-state index is 12.6. The average Bonchev–Trinajstić information content (AvgIpc) is 3.08. The Kier molecular flexibility index (Phi) is 5.86. The van der Waals surface area contributed by atoms with Crippen LogP contribution in [0.5, 0.6) is 0 Å². The Labute approximate surface area is 158 Å². The van der Waals surface area contributed by atoms with Crippen LogP contribution in [-0.4, -0.2) is 53.7 Å². The molecule has 6 nitrogen and oxygen atoms in total. The van der Waals surface area contributed by atoms with Gasteiger partial charge in [-0.2, -0.15) is 0 Å². The summed E-state index contributed by atoms with van der Waals surface area (Å²) >= 11 is 0. The van der Waals surface area contributed by atoms with Crippen LogP contribution in [0.15, 0.2) is 42.6 Å². The summed E-state index contributed by atoms with van der Waals surface area (Å²) in [4.78, 5) is 31.2. The van der Waals surface area contributed by atoms with Crippen molar-refractivity contribution in [1.82, 2.24) is 9.88 Å². The third kappa shape index (κ3) is 4.17. The summed E-state index contributed by atoms with van der Waals surface area (Å²) in [5.41, 5.74) is 2.20. The molecular formula is C21H24N2O4. The van der Waals surface area contributed by atoms with Gasteiger partial charge in [-0.15, -0.1) is 0 Å². The number of pyridine rings is 1. The molecule has 0 aliphatic carbocycles. The molecule has 2 atom stereocenters. The van der Waals surface area contributed by atoms with Gasteiger partial charge in [-0.25, -0.2) is 4.79 Å². The quantitative estimate of drug-likeness (QED) is 0.790.